The number of anilines is 1. The fourth-order valence-electron chi connectivity index (χ4n) is 5.22. The smallest absolute Gasteiger partial charge is 0.318 e. The third-order valence-corrected chi connectivity index (χ3v) is 8.62. The van der Waals surface area contributed by atoms with E-state index in [0.29, 0.717) is 61.3 Å². The van der Waals surface area contributed by atoms with E-state index in [4.69, 9.17) is 4.74 Å². The Morgan fingerprint density at radius 1 is 0.977 bits per heavy atom. The van der Waals surface area contributed by atoms with Crippen molar-refractivity contribution in [3.63, 3.8) is 0 Å². The van der Waals surface area contributed by atoms with E-state index in [9.17, 15) is 19.2 Å². The first-order valence-electron chi connectivity index (χ1n) is 14.8. The summed E-state index contributed by atoms with van der Waals surface area (Å²) in [6, 6.07) is 14.4. The van der Waals surface area contributed by atoms with Crippen LogP contribution in [0.4, 0.5) is 9.93 Å². The average molecular weight is 618 g/mol. The van der Waals surface area contributed by atoms with Crippen molar-refractivity contribution >= 4 is 40.2 Å². The maximum Gasteiger partial charge on any atom is 0.318 e. The lowest BCUT2D eigenvalue weighted by atomic mass is 10.0. The van der Waals surface area contributed by atoms with Crippen molar-refractivity contribution in [2.75, 3.05) is 51.3 Å². The number of ether oxygens (including phenoxy) is 1. The summed E-state index contributed by atoms with van der Waals surface area (Å²) < 4.78 is 5.36. The van der Waals surface area contributed by atoms with Crippen LogP contribution in [0.3, 0.4) is 0 Å². The molecule has 0 radical (unpaired) electrons. The Bertz CT molecular complexity index is 1490. The van der Waals surface area contributed by atoms with E-state index in [1.54, 1.807) is 29.2 Å². The van der Waals surface area contributed by atoms with Gasteiger partial charge in [-0.1, -0.05) is 42.5 Å². The highest BCUT2D eigenvalue weighted by molar-refractivity contribution is 7.14. The van der Waals surface area contributed by atoms with Gasteiger partial charge in [0.05, 0.1) is 18.9 Å². The number of amides is 5. The molecule has 0 bridgehead atoms. The number of rotatable bonds is 8. The van der Waals surface area contributed by atoms with E-state index in [0.717, 1.165) is 18.4 Å². The van der Waals surface area contributed by atoms with Crippen LogP contribution in [0.2, 0.25) is 0 Å². The lowest BCUT2D eigenvalue weighted by Gasteiger charge is -2.38. The predicted octanol–water partition coefficient (Wildman–Crippen LogP) is 2.22. The number of morpholine rings is 1. The van der Waals surface area contributed by atoms with E-state index in [2.05, 4.69) is 26.3 Å². The van der Waals surface area contributed by atoms with Crippen LogP contribution in [0.15, 0.2) is 60.0 Å². The molecule has 3 aliphatic rings. The Kier molecular flexibility index (Phi) is 9.15. The molecule has 3 aromatic rings. The van der Waals surface area contributed by atoms with Crippen molar-refractivity contribution in [1.82, 2.24) is 30.7 Å². The fourth-order valence-corrected chi connectivity index (χ4v) is 5.95. The standard InChI is InChI=1S/C31H35N7O5S/c39-27(33-23-10-11-23)22-8-6-20(7-9-22)24-19-44-30(34-24)36-28(40)25-18-32-12-13-38(25)29(41)26(21-4-2-1-3-5-21)35-31(42)37-14-16-43-17-15-37/h1-9,19,23,25-26,32H,10-18H2,(H,33,39)(H,35,42)(H,34,36,40)/t25-,26+/m0/s1. The quantitative estimate of drug-likeness (QED) is 0.303. The summed E-state index contributed by atoms with van der Waals surface area (Å²) in [5.41, 5.74) is 2.72. The number of hydrogen-bond donors (Lipinski definition) is 4. The first kappa shape index (κ1) is 29.7. The summed E-state index contributed by atoms with van der Waals surface area (Å²) >= 11 is 1.28. The zero-order chi connectivity index (χ0) is 30.5. The molecular weight excluding hydrogens is 582 g/mol. The number of carbonyl (C=O) groups excluding carboxylic acids is 4. The first-order chi connectivity index (χ1) is 21.5. The lowest BCUT2D eigenvalue weighted by Crippen LogP contribution is -2.60. The van der Waals surface area contributed by atoms with Crippen LogP contribution < -0.4 is 21.3 Å². The van der Waals surface area contributed by atoms with Gasteiger partial charge < -0.3 is 35.8 Å². The lowest BCUT2D eigenvalue weighted by molar-refractivity contribution is -0.141. The molecule has 12 nitrogen and oxygen atoms in total. The number of aromatic nitrogens is 1. The predicted molar refractivity (Wildman–Crippen MR) is 165 cm³/mol. The molecule has 0 unspecified atom stereocenters. The van der Waals surface area contributed by atoms with Gasteiger partial charge in [0.2, 0.25) is 5.91 Å². The molecule has 2 aromatic carbocycles. The fraction of sp³-hybridized carbons (Fsp3) is 0.387. The highest BCUT2D eigenvalue weighted by Gasteiger charge is 2.37. The minimum Gasteiger partial charge on any atom is -0.378 e. The summed E-state index contributed by atoms with van der Waals surface area (Å²) in [6.45, 7) is 2.85. The van der Waals surface area contributed by atoms with Crippen LogP contribution in [0, 0.1) is 0 Å². The molecule has 13 heteroatoms. The second kappa shape index (κ2) is 13.5. The molecular formula is C31H35N7O5S. The zero-order valence-corrected chi connectivity index (χ0v) is 25.0. The van der Waals surface area contributed by atoms with Gasteiger partial charge in [0, 0.05) is 55.3 Å². The molecule has 1 aliphatic carbocycles. The largest absolute Gasteiger partial charge is 0.378 e. The third kappa shape index (κ3) is 7.07. The summed E-state index contributed by atoms with van der Waals surface area (Å²) in [5, 5.41) is 14.2. The molecule has 230 valence electrons. The minimum atomic E-state index is -0.958. The Labute approximate surface area is 259 Å². The van der Waals surface area contributed by atoms with Crippen molar-refractivity contribution < 1.29 is 23.9 Å². The minimum absolute atomic E-state index is 0.0827. The third-order valence-electron chi connectivity index (χ3n) is 7.86. The molecule has 5 amide bonds. The summed E-state index contributed by atoms with van der Waals surface area (Å²) in [5.74, 6) is -0.810. The topological polar surface area (TPSA) is 145 Å². The molecule has 0 spiro atoms. The van der Waals surface area contributed by atoms with E-state index < -0.39 is 12.1 Å². The maximum absolute atomic E-state index is 14.0. The molecule has 3 fully saturated rings. The maximum atomic E-state index is 14.0. The number of hydrogen-bond acceptors (Lipinski definition) is 8. The second-order valence-corrected chi connectivity index (χ2v) is 11.9. The van der Waals surface area contributed by atoms with Gasteiger partial charge >= 0.3 is 6.03 Å². The zero-order valence-electron chi connectivity index (χ0n) is 24.2. The number of thiazole rings is 1. The van der Waals surface area contributed by atoms with Gasteiger partial charge in [-0.25, -0.2) is 9.78 Å². The van der Waals surface area contributed by atoms with Crippen LogP contribution in [0.1, 0.15) is 34.8 Å². The highest BCUT2D eigenvalue weighted by Crippen LogP contribution is 2.27. The molecule has 1 aromatic heterocycles. The van der Waals surface area contributed by atoms with Crippen molar-refractivity contribution in [3.8, 4) is 11.3 Å². The van der Waals surface area contributed by atoms with Crippen molar-refractivity contribution in [3.05, 3.63) is 71.1 Å². The van der Waals surface area contributed by atoms with Crippen molar-refractivity contribution in [1.29, 1.82) is 0 Å². The normalized spacial score (nSPS) is 19.1. The van der Waals surface area contributed by atoms with Gasteiger partial charge in [-0.3, -0.25) is 14.4 Å². The van der Waals surface area contributed by atoms with E-state index in [1.807, 2.05) is 35.7 Å². The van der Waals surface area contributed by atoms with Crippen molar-refractivity contribution in [2.24, 2.45) is 0 Å². The van der Waals surface area contributed by atoms with E-state index >= 15 is 0 Å². The van der Waals surface area contributed by atoms with Gasteiger partial charge in [0.15, 0.2) is 5.13 Å². The molecule has 2 atom stereocenters. The Balaban J connectivity index is 1.13. The number of benzene rings is 2. The summed E-state index contributed by atoms with van der Waals surface area (Å²) in [6.07, 6.45) is 2.05. The monoisotopic (exact) mass is 617 g/mol. The number of carbonyl (C=O) groups is 4. The van der Waals surface area contributed by atoms with E-state index in [-0.39, 0.29) is 36.3 Å². The average Bonchev–Trinajstić information content (AvgIpc) is 3.77. The number of nitrogens with zero attached hydrogens (tertiary/aromatic N) is 3. The van der Waals surface area contributed by atoms with Gasteiger partial charge in [0.1, 0.15) is 12.1 Å². The summed E-state index contributed by atoms with van der Waals surface area (Å²) in [4.78, 5) is 60.7. The second-order valence-electron chi connectivity index (χ2n) is 11.0. The molecule has 1 saturated carbocycles. The number of piperazine rings is 1. The molecule has 6 rings (SSSR count). The number of nitrogens with one attached hydrogen (secondary N) is 4. The van der Waals surface area contributed by atoms with E-state index in [1.165, 1.54) is 16.2 Å². The summed E-state index contributed by atoms with van der Waals surface area (Å²) in [7, 11) is 0. The van der Waals surface area contributed by atoms with Crippen LogP contribution in [-0.2, 0) is 14.3 Å². The highest BCUT2D eigenvalue weighted by atomic mass is 32.1. The first-order valence-corrected chi connectivity index (χ1v) is 15.7. The Hall–Kier alpha value is -4.33. The molecule has 2 saturated heterocycles. The van der Waals surface area contributed by atoms with Crippen LogP contribution in [-0.4, -0.2) is 96.6 Å². The van der Waals surface area contributed by atoms with Gasteiger partial charge in [-0.15, -0.1) is 11.3 Å². The molecule has 3 heterocycles. The van der Waals surface area contributed by atoms with Crippen LogP contribution >= 0.6 is 11.3 Å². The van der Waals surface area contributed by atoms with Gasteiger partial charge in [0.25, 0.3) is 11.8 Å². The molecule has 2 aliphatic heterocycles. The SMILES string of the molecule is O=C(NC1CC1)c1ccc(-c2csc(NC(=O)[C@@H]3CNCCN3C(=O)[C@H](NC(=O)N3CCOCC3)c3ccccc3)n2)cc1. The Morgan fingerprint density at radius 2 is 1.73 bits per heavy atom. The van der Waals surface area contributed by atoms with Gasteiger partial charge in [-0.2, -0.15) is 0 Å². The molecule has 4 N–H and O–H groups in total. The Morgan fingerprint density at radius 3 is 2.45 bits per heavy atom. The van der Waals surface area contributed by atoms with Crippen LogP contribution in [0.5, 0.6) is 0 Å². The molecule has 44 heavy (non-hydrogen) atoms. The van der Waals surface area contributed by atoms with Crippen molar-refractivity contribution in [2.45, 2.75) is 31.0 Å². The van der Waals surface area contributed by atoms with Crippen LogP contribution in [0.25, 0.3) is 11.3 Å². The van der Waals surface area contributed by atoms with Gasteiger partial charge in [-0.05, 0) is 30.5 Å². The number of urea groups is 1.